The van der Waals surface area contributed by atoms with E-state index < -0.39 is 0 Å². The summed E-state index contributed by atoms with van der Waals surface area (Å²) in [6.07, 6.45) is 0. The van der Waals surface area contributed by atoms with Crippen LogP contribution in [0.5, 0.6) is 5.75 Å². The average Bonchev–Trinajstić information content (AvgIpc) is 2.34. The topological polar surface area (TPSA) is 32.3 Å². The maximum Gasteiger partial charge on any atom is 0.134 e. The molecule has 0 heterocycles. The highest BCUT2D eigenvalue weighted by molar-refractivity contribution is 9.10. The molecule has 0 aliphatic rings. The van der Waals surface area contributed by atoms with Crippen LogP contribution in [0, 0.1) is 0 Å². The molecule has 2 nitrogen and oxygen atoms in total. The maximum absolute atomic E-state index is 9.33. The SMILES string of the molecule is Oc1ccc(CNc2cc(Br)ccc2Cl)cc1Cl. The largest absolute Gasteiger partial charge is 0.506 e. The number of hydrogen-bond donors (Lipinski definition) is 2. The molecule has 0 atom stereocenters. The van der Waals surface area contributed by atoms with E-state index in [1.54, 1.807) is 18.2 Å². The van der Waals surface area contributed by atoms with Gasteiger partial charge in [-0.2, -0.15) is 0 Å². The standard InChI is InChI=1S/C13H10BrCl2NO/c14-9-2-3-10(15)12(6-9)17-7-8-1-4-13(18)11(16)5-8/h1-6,17-18H,7H2. The molecule has 0 aromatic heterocycles. The number of phenols is 1. The molecule has 5 heteroatoms. The Morgan fingerprint density at radius 1 is 1.06 bits per heavy atom. The molecule has 2 aromatic rings. The van der Waals surface area contributed by atoms with Crippen LogP contribution in [-0.4, -0.2) is 5.11 Å². The van der Waals surface area contributed by atoms with Gasteiger partial charge in [0, 0.05) is 11.0 Å². The van der Waals surface area contributed by atoms with E-state index in [-0.39, 0.29) is 5.75 Å². The second-order valence-electron chi connectivity index (χ2n) is 3.76. The predicted molar refractivity (Wildman–Crippen MR) is 79.6 cm³/mol. The molecule has 0 spiro atoms. The third-order valence-corrected chi connectivity index (χ3v) is 3.55. The van der Waals surface area contributed by atoms with Crippen LogP contribution in [0.3, 0.4) is 0 Å². The second kappa shape index (κ2) is 5.83. The van der Waals surface area contributed by atoms with Gasteiger partial charge in [0.2, 0.25) is 0 Å². The number of halogens is 3. The van der Waals surface area contributed by atoms with Crippen molar-refractivity contribution in [2.75, 3.05) is 5.32 Å². The Morgan fingerprint density at radius 2 is 1.83 bits per heavy atom. The summed E-state index contributed by atoms with van der Waals surface area (Å²) in [6, 6.07) is 10.7. The molecule has 18 heavy (non-hydrogen) atoms. The molecule has 0 bridgehead atoms. The summed E-state index contributed by atoms with van der Waals surface area (Å²) in [5.41, 5.74) is 1.81. The predicted octanol–water partition coefficient (Wildman–Crippen LogP) is 5.07. The normalized spacial score (nSPS) is 10.4. The van der Waals surface area contributed by atoms with Gasteiger partial charge in [-0.1, -0.05) is 45.2 Å². The van der Waals surface area contributed by atoms with Crippen molar-refractivity contribution in [2.24, 2.45) is 0 Å². The van der Waals surface area contributed by atoms with Gasteiger partial charge in [-0.05, 0) is 35.9 Å². The molecular weight excluding hydrogens is 337 g/mol. The number of hydrogen-bond acceptors (Lipinski definition) is 2. The summed E-state index contributed by atoms with van der Waals surface area (Å²) in [5, 5.41) is 13.5. The lowest BCUT2D eigenvalue weighted by Gasteiger charge is -2.09. The summed E-state index contributed by atoms with van der Waals surface area (Å²) < 4.78 is 0.957. The zero-order valence-corrected chi connectivity index (χ0v) is 12.4. The van der Waals surface area contributed by atoms with Crippen molar-refractivity contribution in [3.63, 3.8) is 0 Å². The summed E-state index contributed by atoms with van der Waals surface area (Å²) in [7, 11) is 0. The number of aromatic hydroxyl groups is 1. The van der Waals surface area contributed by atoms with E-state index in [2.05, 4.69) is 21.2 Å². The highest BCUT2D eigenvalue weighted by atomic mass is 79.9. The minimum absolute atomic E-state index is 0.0842. The number of phenolic OH excluding ortho intramolecular Hbond substituents is 1. The molecule has 2 rings (SSSR count). The number of anilines is 1. The van der Waals surface area contributed by atoms with Crippen LogP contribution in [0.15, 0.2) is 40.9 Å². The van der Waals surface area contributed by atoms with E-state index in [9.17, 15) is 5.11 Å². The molecule has 2 N–H and O–H groups in total. The van der Waals surface area contributed by atoms with Crippen molar-refractivity contribution in [1.82, 2.24) is 0 Å². The fraction of sp³-hybridized carbons (Fsp3) is 0.0769. The molecule has 0 fully saturated rings. The van der Waals surface area contributed by atoms with Crippen LogP contribution in [0.1, 0.15) is 5.56 Å². The van der Waals surface area contributed by atoms with E-state index in [1.807, 2.05) is 18.2 Å². The van der Waals surface area contributed by atoms with Crippen molar-refractivity contribution in [2.45, 2.75) is 6.54 Å². The second-order valence-corrected chi connectivity index (χ2v) is 5.49. The van der Waals surface area contributed by atoms with Gasteiger partial charge in [0.15, 0.2) is 0 Å². The zero-order valence-electron chi connectivity index (χ0n) is 9.25. The van der Waals surface area contributed by atoms with Crippen LogP contribution >= 0.6 is 39.1 Å². The summed E-state index contributed by atoms with van der Waals surface area (Å²) in [5.74, 6) is 0.0842. The molecule has 0 aliphatic carbocycles. The van der Waals surface area contributed by atoms with Crippen molar-refractivity contribution in [3.05, 3.63) is 56.5 Å². The minimum atomic E-state index is 0.0842. The Bertz CT molecular complexity index is 575. The third kappa shape index (κ3) is 3.31. The molecule has 0 aliphatic heterocycles. The van der Waals surface area contributed by atoms with Crippen LogP contribution < -0.4 is 5.32 Å². The molecule has 0 radical (unpaired) electrons. The van der Waals surface area contributed by atoms with Crippen molar-refractivity contribution in [1.29, 1.82) is 0 Å². The van der Waals surface area contributed by atoms with E-state index in [0.717, 1.165) is 15.7 Å². The highest BCUT2D eigenvalue weighted by Crippen LogP contribution is 2.27. The van der Waals surface area contributed by atoms with Gasteiger partial charge in [-0.25, -0.2) is 0 Å². The van der Waals surface area contributed by atoms with Crippen molar-refractivity contribution in [3.8, 4) is 5.75 Å². The maximum atomic E-state index is 9.33. The summed E-state index contributed by atoms with van der Waals surface area (Å²) >= 11 is 15.3. The summed E-state index contributed by atoms with van der Waals surface area (Å²) in [6.45, 7) is 0.580. The van der Waals surface area contributed by atoms with Gasteiger partial charge in [-0.3, -0.25) is 0 Å². The number of benzene rings is 2. The Labute approximate surface area is 124 Å². The van der Waals surface area contributed by atoms with Gasteiger partial charge in [0.05, 0.1) is 15.7 Å². The lowest BCUT2D eigenvalue weighted by molar-refractivity contribution is 0.475. The molecule has 0 saturated heterocycles. The van der Waals surface area contributed by atoms with Gasteiger partial charge in [0.25, 0.3) is 0 Å². The lowest BCUT2D eigenvalue weighted by Crippen LogP contribution is -1.99. The van der Waals surface area contributed by atoms with E-state index in [1.165, 1.54) is 0 Å². The highest BCUT2D eigenvalue weighted by Gasteiger charge is 2.03. The number of nitrogens with one attached hydrogen (secondary N) is 1. The van der Waals surface area contributed by atoms with Gasteiger partial charge in [0.1, 0.15) is 5.75 Å². The van der Waals surface area contributed by atoms with Gasteiger partial charge in [-0.15, -0.1) is 0 Å². The van der Waals surface area contributed by atoms with Crippen LogP contribution in [0.4, 0.5) is 5.69 Å². The minimum Gasteiger partial charge on any atom is -0.506 e. The smallest absolute Gasteiger partial charge is 0.134 e. The number of rotatable bonds is 3. The first-order valence-electron chi connectivity index (χ1n) is 5.22. The van der Waals surface area contributed by atoms with Crippen LogP contribution in [-0.2, 0) is 6.54 Å². The summed E-state index contributed by atoms with van der Waals surface area (Å²) in [4.78, 5) is 0. The van der Waals surface area contributed by atoms with Crippen LogP contribution in [0.2, 0.25) is 10.0 Å². The quantitative estimate of drug-likeness (QED) is 0.812. The molecular formula is C13H10BrCl2NO. The lowest BCUT2D eigenvalue weighted by atomic mass is 10.2. The molecule has 94 valence electrons. The molecule has 0 unspecified atom stereocenters. The molecule has 0 amide bonds. The van der Waals surface area contributed by atoms with Crippen molar-refractivity contribution < 1.29 is 5.11 Å². The Hall–Kier alpha value is -0.900. The Kier molecular flexibility index (Phi) is 4.38. The van der Waals surface area contributed by atoms with E-state index in [0.29, 0.717) is 16.6 Å². The zero-order chi connectivity index (χ0) is 13.1. The first kappa shape index (κ1) is 13.5. The fourth-order valence-corrected chi connectivity index (χ4v) is 2.24. The van der Waals surface area contributed by atoms with E-state index in [4.69, 9.17) is 23.2 Å². The third-order valence-electron chi connectivity index (χ3n) is 2.42. The van der Waals surface area contributed by atoms with Gasteiger partial charge >= 0.3 is 0 Å². The van der Waals surface area contributed by atoms with Crippen molar-refractivity contribution >= 4 is 44.8 Å². The fourth-order valence-electron chi connectivity index (χ4n) is 1.49. The average molecular weight is 347 g/mol. The van der Waals surface area contributed by atoms with E-state index >= 15 is 0 Å². The monoisotopic (exact) mass is 345 g/mol. The molecule has 0 saturated carbocycles. The first-order valence-corrected chi connectivity index (χ1v) is 6.77. The Balaban J connectivity index is 2.11. The van der Waals surface area contributed by atoms with Crippen LogP contribution in [0.25, 0.3) is 0 Å². The van der Waals surface area contributed by atoms with Gasteiger partial charge < -0.3 is 10.4 Å². The molecule has 2 aromatic carbocycles. The first-order chi connectivity index (χ1) is 8.56. The Morgan fingerprint density at radius 3 is 2.56 bits per heavy atom.